The van der Waals surface area contributed by atoms with Gasteiger partial charge in [-0.1, -0.05) is 27.2 Å². The van der Waals surface area contributed by atoms with Crippen LogP contribution < -0.4 is 11.1 Å². The Morgan fingerprint density at radius 2 is 2.06 bits per heavy atom. The SMILES string of the molecule is CCCC(C)(N)C(=O)NC(CO)CC(C)C. The summed E-state index contributed by atoms with van der Waals surface area (Å²) in [5.74, 6) is 0.265. The summed E-state index contributed by atoms with van der Waals surface area (Å²) in [6.45, 7) is 7.81. The van der Waals surface area contributed by atoms with Crippen molar-refractivity contribution in [2.75, 3.05) is 6.61 Å². The first kappa shape index (κ1) is 15.4. The van der Waals surface area contributed by atoms with E-state index in [0.717, 1.165) is 12.8 Å². The number of amides is 1. The lowest BCUT2D eigenvalue weighted by molar-refractivity contribution is -0.127. The minimum Gasteiger partial charge on any atom is -0.394 e. The molecule has 0 aliphatic carbocycles. The number of hydrogen-bond acceptors (Lipinski definition) is 3. The molecule has 0 aliphatic rings. The molecule has 0 aromatic heterocycles. The molecule has 2 unspecified atom stereocenters. The van der Waals surface area contributed by atoms with E-state index in [-0.39, 0.29) is 18.6 Å². The monoisotopic (exact) mass is 230 g/mol. The molecule has 0 saturated heterocycles. The molecule has 0 bridgehead atoms. The van der Waals surface area contributed by atoms with Crippen molar-refractivity contribution in [3.8, 4) is 0 Å². The summed E-state index contributed by atoms with van der Waals surface area (Å²) in [6.07, 6.45) is 2.29. The third-order valence-corrected chi connectivity index (χ3v) is 2.60. The minimum absolute atomic E-state index is 0.0356. The predicted octanol–water partition coefficient (Wildman–Crippen LogP) is 1.03. The molecule has 0 aromatic rings. The van der Waals surface area contributed by atoms with E-state index in [1.807, 2.05) is 6.92 Å². The number of aliphatic hydroxyl groups excluding tert-OH is 1. The van der Waals surface area contributed by atoms with Crippen LogP contribution in [0.5, 0.6) is 0 Å². The van der Waals surface area contributed by atoms with Crippen LogP contribution in [-0.2, 0) is 4.79 Å². The Morgan fingerprint density at radius 1 is 1.50 bits per heavy atom. The van der Waals surface area contributed by atoms with Gasteiger partial charge in [0.15, 0.2) is 0 Å². The summed E-state index contributed by atoms with van der Waals surface area (Å²) >= 11 is 0. The Balaban J connectivity index is 4.29. The van der Waals surface area contributed by atoms with E-state index in [2.05, 4.69) is 19.2 Å². The third kappa shape index (κ3) is 5.47. The highest BCUT2D eigenvalue weighted by atomic mass is 16.3. The predicted molar refractivity (Wildman–Crippen MR) is 66.0 cm³/mol. The van der Waals surface area contributed by atoms with E-state index in [0.29, 0.717) is 12.3 Å². The van der Waals surface area contributed by atoms with Crippen molar-refractivity contribution in [1.29, 1.82) is 0 Å². The second-order valence-corrected chi connectivity index (χ2v) is 5.15. The Kier molecular flexibility index (Phi) is 6.60. The van der Waals surface area contributed by atoms with Crippen molar-refractivity contribution in [3.05, 3.63) is 0 Å². The first-order chi connectivity index (χ1) is 7.33. The van der Waals surface area contributed by atoms with Crippen LogP contribution in [0, 0.1) is 5.92 Å². The number of nitrogens with one attached hydrogen (secondary N) is 1. The lowest BCUT2D eigenvalue weighted by Gasteiger charge is -2.27. The van der Waals surface area contributed by atoms with Crippen molar-refractivity contribution in [3.63, 3.8) is 0 Å². The van der Waals surface area contributed by atoms with Gasteiger partial charge in [-0.2, -0.15) is 0 Å². The molecule has 4 N–H and O–H groups in total. The molecule has 0 saturated carbocycles. The topological polar surface area (TPSA) is 75.4 Å². The molecule has 4 heteroatoms. The summed E-state index contributed by atoms with van der Waals surface area (Å²) in [5, 5.41) is 12.0. The van der Waals surface area contributed by atoms with Gasteiger partial charge < -0.3 is 16.2 Å². The average molecular weight is 230 g/mol. The molecule has 0 aliphatic heterocycles. The Morgan fingerprint density at radius 3 is 2.44 bits per heavy atom. The van der Waals surface area contributed by atoms with Gasteiger partial charge in [0.25, 0.3) is 0 Å². The maximum absolute atomic E-state index is 11.9. The second kappa shape index (κ2) is 6.86. The van der Waals surface area contributed by atoms with Crippen LogP contribution in [0.2, 0.25) is 0 Å². The maximum atomic E-state index is 11.9. The standard InChI is InChI=1S/C12H26N2O2/c1-5-6-12(4,13)11(16)14-10(8-15)7-9(2)3/h9-10,15H,5-8,13H2,1-4H3,(H,14,16). The summed E-state index contributed by atoms with van der Waals surface area (Å²) in [7, 11) is 0. The highest BCUT2D eigenvalue weighted by Gasteiger charge is 2.28. The van der Waals surface area contributed by atoms with Crippen LogP contribution in [0.3, 0.4) is 0 Å². The first-order valence-corrected chi connectivity index (χ1v) is 6.04. The fraction of sp³-hybridized carbons (Fsp3) is 0.917. The number of carbonyl (C=O) groups is 1. The van der Waals surface area contributed by atoms with Crippen LogP contribution in [0.4, 0.5) is 0 Å². The molecular formula is C12H26N2O2. The van der Waals surface area contributed by atoms with E-state index in [1.165, 1.54) is 0 Å². The second-order valence-electron chi connectivity index (χ2n) is 5.15. The smallest absolute Gasteiger partial charge is 0.240 e. The molecule has 0 rings (SSSR count). The molecule has 1 amide bonds. The van der Waals surface area contributed by atoms with Gasteiger partial charge in [-0.3, -0.25) is 4.79 Å². The normalized spacial score (nSPS) is 16.9. The first-order valence-electron chi connectivity index (χ1n) is 6.04. The molecule has 0 heterocycles. The number of rotatable bonds is 7. The van der Waals surface area contributed by atoms with Crippen molar-refractivity contribution in [2.24, 2.45) is 11.7 Å². The molecule has 96 valence electrons. The Hall–Kier alpha value is -0.610. The van der Waals surface area contributed by atoms with Gasteiger partial charge in [0.2, 0.25) is 5.91 Å². The fourth-order valence-corrected chi connectivity index (χ4v) is 1.73. The lowest BCUT2D eigenvalue weighted by atomic mass is 9.95. The van der Waals surface area contributed by atoms with Gasteiger partial charge in [0, 0.05) is 0 Å². The third-order valence-electron chi connectivity index (χ3n) is 2.60. The molecule has 0 radical (unpaired) electrons. The van der Waals surface area contributed by atoms with Gasteiger partial charge in [-0.25, -0.2) is 0 Å². The maximum Gasteiger partial charge on any atom is 0.240 e. The van der Waals surface area contributed by atoms with Crippen molar-refractivity contribution >= 4 is 5.91 Å². The van der Waals surface area contributed by atoms with E-state index in [1.54, 1.807) is 6.92 Å². The van der Waals surface area contributed by atoms with Crippen molar-refractivity contribution < 1.29 is 9.90 Å². The Bertz CT molecular complexity index is 215. The van der Waals surface area contributed by atoms with Gasteiger partial charge in [0.05, 0.1) is 18.2 Å². The van der Waals surface area contributed by atoms with Crippen LogP contribution in [0.25, 0.3) is 0 Å². The van der Waals surface area contributed by atoms with Crippen LogP contribution in [-0.4, -0.2) is 29.2 Å². The van der Waals surface area contributed by atoms with Gasteiger partial charge >= 0.3 is 0 Å². The van der Waals surface area contributed by atoms with Crippen LogP contribution in [0.15, 0.2) is 0 Å². The largest absolute Gasteiger partial charge is 0.394 e. The molecule has 2 atom stereocenters. The number of aliphatic hydroxyl groups is 1. The summed E-state index contributed by atoms with van der Waals surface area (Å²) < 4.78 is 0. The van der Waals surface area contributed by atoms with E-state index >= 15 is 0 Å². The fourth-order valence-electron chi connectivity index (χ4n) is 1.73. The quantitative estimate of drug-likeness (QED) is 0.611. The highest BCUT2D eigenvalue weighted by molar-refractivity contribution is 5.85. The summed E-state index contributed by atoms with van der Waals surface area (Å²) in [4.78, 5) is 11.9. The zero-order valence-corrected chi connectivity index (χ0v) is 10.9. The zero-order valence-electron chi connectivity index (χ0n) is 10.9. The van der Waals surface area contributed by atoms with E-state index in [4.69, 9.17) is 10.8 Å². The van der Waals surface area contributed by atoms with Crippen LogP contribution >= 0.6 is 0 Å². The van der Waals surface area contributed by atoms with E-state index < -0.39 is 5.54 Å². The molecule has 0 fully saturated rings. The molecule has 0 aromatic carbocycles. The molecule has 4 nitrogen and oxygen atoms in total. The van der Waals surface area contributed by atoms with Crippen LogP contribution in [0.1, 0.15) is 47.0 Å². The average Bonchev–Trinajstić information content (AvgIpc) is 2.15. The zero-order chi connectivity index (χ0) is 12.8. The lowest BCUT2D eigenvalue weighted by Crippen LogP contribution is -2.55. The van der Waals surface area contributed by atoms with E-state index in [9.17, 15) is 4.79 Å². The summed E-state index contributed by atoms with van der Waals surface area (Å²) in [6, 6.07) is -0.188. The molecular weight excluding hydrogens is 204 g/mol. The van der Waals surface area contributed by atoms with Crippen molar-refractivity contribution in [2.45, 2.75) is 58.5 Å². The van der Waals surface area contributed by atoms with Gasteiger partial charge in [-0.15, -0.1) is 0 Å². The highest BCUT2D eigenvalue weighted by Crippen LogP contribution is 2.10. The van der Waals surface area contributed by atoms with Crippen molar-refractivity contribution in [1.82, 2.24) is 5.32 Å². The van der Waals surface area contributed by atoms with Gasteiger partial charge in [-0.05, 0) is 25.7 Å². The molecule has 16 heavy (non-hydrogen) atoms. The number of hydrogen-bond donors (Lipinski definition) is 3. The number of nitrogens with two attached hydrogens (primary N) is 1. The Labute approximate surface area is 98.6 Å². The minimum atomic E-state index is -0.834. The van der Waals surface area contributed by atoms with Gasteiger partial charge in [0.1, 0.15) is 0 Å². The summed E-state index contributed by atoms with van der Waals surface area (Å²) in [5.41, 5.74) is 5.08. The number of carbonyl (C=O) groups excluding carboxylic acids is 1. The molecule has 0 spiro atoms.